The van der Waals surface area contributed by atoms with Crippen LogP contribution >= 0.6 is 0 Å². The van der Waals surface area contributed by atoms with E-state index in [9.17, 15) is 0 Å². The van der Waals surface area contributed by atoms with Crippen molar-refractivity contribution in [2.24, 2.45) is 0 Å². The Morgan fingerprint density at radius 3 is 1.27 bits per heavy atom. The number of hydrogen-bond acceptors (Lipinski definition) is 2. The van der Waals surface area contributed by atoms with Crippen LogP contribution in [0.2, 0.25) is 13.1 Å². The molecule has 5 rings (SSSR count). The van der Waals surface area contributed by atoms with Gasteiger partial charge in [-0.05, 0) is 83.3 Å². The average Bonchev–Trinajstić information content (AvgIpc) is 3.15. The minimum absolute atomic E-state index is 0.353. The van der Waals surface area contributed by atoms with E-state index in [0.717, 1.165) is 11.5 Å². The van der Waals surface area contributed by atoms with Gasteiger partial charge in [-0.2, -0.15) is 0 Å². The molecule has 4 aromatic carbocycles. The number of benzene rings is 4. The molecule has 0 bridgehead atoms. The first-order chi connectivity index (χ1) is 17.8. The lowest BCUT2D eigenvalue weighted by Gasteiger charge is -2.34. The van der Waals surface area contributed by atoms with E-state index in [1.165, 1.54) is 33.4 Å². The lowest BCUT2D eigenvalue weighted by molar-refractivity contribution is 0.413. The zero-order chi connectivity index (χ0) is 26.2. The fourth-order valence-electron chi connectivity index (χ4n) is 7.03. The van der Waals surface area contributed by atoms with Crippen LogP contribution in [0.15, 0.2) is 97.1 Å². The predicted octanol–water partition coefficient (Wildman–Crippen LogP) is 8.56. The molecule has 37 heavy (non-hydrogen) atoms. The summed E-state index contributed by atoms with van der Waals surface area (Å²) in [5.74, 6) is 2.57. The third-order valence-corrected chi connectivity index (χ3v) is 13.1. The second-order valence-electron chi connectivity index (χ2n) is 11.2. The van der Waals surface area contributed by atoms with E-state index in [4.69, 9.17) is 9.47 Å². The Hall–Kier alpha value is -3.30. The van der Waals surface area contributed by atoms with Gasteiger partial charge in [-0.1, -0.05) is 97.0 Å². The van der Waals surface area contributed by atoms with Crippen LogP contribution in [0.4, 0.5) is 0 Å². The average molecular weight is 507 g/mol. The highest BCUT2D eigenvalue weighted by Crippen LogP contribution is 2.64. The van der Waals surface area contributed by atoms with Gasteiger partial charge in [0.25, 0.3) is 0 Å². The Kier molecular flexibility index (Phi) is 7.00. The van der Waals surface area contributed by atoms with Crippen molar-refractivity contribution in [2.75, 3.05) is 14.2 Å². The highest BCUT2D eigenvalue weighted by molar-refractivity contribution is 6.81. The van der Waals surface area contributed by atoms with Gasteiger partial charge in [0.2, 0.25) is 0 Å². The summed E-state index contributed by atoms with van der Waals surface area (Å²) in [5.41, 5.74) is 9.13. The van der Waals surface area contributed by atoms with Crippen molar-refractivity contribution in [1.29, 1.82) is 0 Å². The Morgan fingerprint density at radius 1 is 0.514 bits per heavy atom. The van der Waals surface area contributed by atoms with Crippen molar-refractivity contribution in [3.8, 4) is 11.5 Å². The number of methoxy groups -OCH3 is 2. The van der Waals surface area contributed by atoms with Crippen LogP contribution in [0, 0.1) is 13.8 Å². The van der Waals surface area contributed by atoms with Gasteiger partial charge >= 0.3 is 0 Å². The molecule has 2 nitrogen and oxygen atoms in total. The molecule has 0 aromatic heterocycles. The predicted molar refractivity (Wildman–Crippen MR) is 157 cm³/mol. The summed E-state index contributed by atoms with van der Waals surface area (Å²) in [6, 6.07) is 36.1. The first-order valence-corrected chi connectivity index (χ1v) is 16.4. The third kappa shape index (κ3) is 4.73. The van der Waals surface area contributed by atoms with Crippen molar-refractivity contribution in [1.82, 2.24) is 0 Å². The SMILES string of the molecule is COc1cccc(C2C(c3cccc(C)c3)C(c3cccc(C)c3)C(c3cccc(OC)c3)[Si]2(C)C)c1. The van der Waals surface area contributed by atoms with E-state index in [1.807, 2.05) is 0 Å². The summed E-state index contributed by atoms with van der Waals surface area (Å²) >= 11 is 0. The maximum absolute atomic E-state index is 5.71. The summed E-state index contributed by atoms with van der Waals surface area (Å²) in [5, 5.41) is 0. The quantitative estimate of drug-likeness (QED) is 0.244. The second kappa shape index (κ2) is 10.2. The van der Waals surface area contributed by atoms with Gasteiger partial charge in [0.15, 0.2) is 0 Å². The minimum Gasteiger partial charge on any atom is -0.497 e. The van der Waals surface area contributed by atoms with E-state index in [1.54, 1.807) is 14.2 Å². The Bertz CT molecular complexity index is 1290. The van der Waals surface area contributed by atoms with Gasteiger partial charge in [-0.25, -0.2) is 0 Å². The maximum atomic E-state index is 5.71. The normalized spacial score (nSPS) is 22.5. The Labute approximate surface area is 223 Å². The van der Waals surface area contributed by atoms with Crippen LogP contribution in [-0.2, 0) is 0 Å². The first-order valence-electron chi connectivity index (χ1n) is 13.2. The zero-order valence-corrected chi connectivity index (χ0v) is 23.9. The lowest BCUT2D eigenvalue weighted by Crippen LogP contribution is -2.38. The molecule has 1 heterocycles. The van der Waals surface area contributed by atoms with Crippen LogP contribution in [0.5, 0.6) is 11.5 Å². The molecule has 0 N–H and O–H groups in total. The summed E-state index contributed by atoms with van der Waals surface area (Å²) < 4.78 is 11.4. The summed E-state index contributed by atoms with van der Waals surface area (Å²) in [6.07, 6.45) is 0. The molecular weight excluding hydrogens is 468 g/mol. The van der Waals surface area contributed by atoms with Crippen molar-refractivity contribution >= 4 is 8.07 Å². The van der Waals surface area contributed by atoms with Gasteiger partial charge in [0.05, 0.1) is 22.3 Å². The minimum atomic E-state index is -1.99. The summed E-state index contributed by atoms with van der Waals surface area (Å²) in [6.45, 7) is 9.62. The fraction of sp³-hybridized carbons (Fsp3) is 0.294. The van der Waals surface area contributed by atoms with E-state index < -0.39 is 8.07 Å². The molecule has 4 atom stereocenters. The standard InChI is InChI=1S/C34H38O2Si/c1-23-11-7-13-25(19-23)31-32(26-14-8-12-24(2)20-26)34(28-16-10-18-30(22-28)36-4)37(5,6)33(31)27-15-9-17-29(21-27)35-3/h7-22,31-34H,1-6H3. The zero-order valence-electron chi connectivity index (χ0n) is 22.9. The molecule has 1 aliphatic rings. The molecular formula is C34H38O2Si. The highest BCUT2D eigenvalue weighted by Gasteiger charge is 2.58. The number of ether oxygens (including phenoxy) is 2. The van der Waals surface area contributed by atoms with Crippen molar-refractivity contribution in [2.45, 2.75) is 49.9 Å². The molecule has 1 aliphatic heterocycles. The smallest absolute Gasteiger partial charge is 0.119 e. The molecule has 1 saturated heterocycles. The van der Waals surface area contributed by atoms with Crippen LogP contribution in [0.1, 0.15) is 56.3 Å². The van der Waals surface area contributed by atoms with Gasteiger partial charge < -0.3 is 9.47 Å². The van der Waals surface area contributed by atoms with Gasteiger partial charge in [0, 0.05) is 0 Å². The molecule has 0 radical (unpaired) electrons. The Morgan fingerprint density at radius 2 is 0.892 bits per heavy atom. The summed E-state index contributed by atoms with van der Waals surface area (Å²) in [7, 11) is 1.54. The summed E-state index contributed by atoms with van der Waals surface area (Å²) in [4.78, 5) is 0. The third-order valence-electron chi connectivity index (χ3n) is 8.47. The maximum Gasteiger partial charge on any atom is 0.119 e. The molecule has 1 fully saturated rings. The van der Waals surface area contributed by atoms with Crippen molar-refractivity contribution in [3.05, 3.63) is 130 Å². The second-order valence-corrected chi connectivity index (χ2v) is 16.1. The van der Waals surface area contributed by atoms with E-state index in [2.05, 4.69) is 124 Å². The molecule has 190 valence electrons. The first kappa shape index (κ1) is 25.4. The molecule has 0 spiro atoms. The molecule has 0 saturated carbocycles. The van der Waals surface area contributed by atoms with Gasteiger partial charge in [0.1, 0.15) is 11.5 Å². The molecule has 4 unspecified atom stereocenters. The van der Waals surface area contributed by atoms with Crippen molar-refractivity contribution < 1.29 is 9.47 Å². The van der Waals surface area contributed by atoms with Gasteiger partial charge in [-0.15, -0.1) is 0 Å². The van der Waals surface area contributed by atoms with Crippen LogP contribution < -0.4 is 9.47 Å². The number of rotatable bonds is 6. The molecule has 4 aromatic rings. The van der Waals surface area contributed by atoms with E-state index in [0.29, 0.717) is 22.9 Å². The van der Waals surface area contributed by atoms with Gasteiger partial charge in [-0.3, -0.25) is 0 Å². The number of aryl methyl sites for hydroxylation is 2. The number of hydrogen-bond donors (Lipinski definition) is 0. The van der Waals surface area contributed by atoms with Crippen LogP contribution in [0.3, 0.4) is 0 Å². The van der Waals surface area contributed by atoms with Crippen LogP contribution in [0.25, 0.3) is 0 Å². The lowest BCUT2D eigenvalue weighted by atomic mass is 9.74. The van der Waals surface area contributed by atoms with Crippen molar-refractivity contribution in [3.63, 3.8) is 0 Å². The molecule has 3 heteroatoms. The van der Waals surface area contributed by atoms with E-state index >= 15 is 0 Å². The monoisotopic (exact) mass is 506 g/mol. The van der Waals surface area contributed by atoms with E-state index in [-0.39, 0.29) is 0 Å². The topological polar surface area (TPSA) is 18.5 Å². The molecule has 0 amide bonds. The Balaban J connectivity index is 1.81. The fourth-order valence-corrected chi connectivity index (χ4v) is 12.1. The molecule has 0 aliphatic carbocycles. The van der Waals surface area contributed by atoms with Crippen LogP contribution in [-0.4, -0.2) is 22.3 Å². The highest BCUT2D eigenvalue weighted by atomic mass is 28.3. The largest absolute Gasteiger partial charge is 0.497 e.